The molecule has 1 saturated heterocycles. The van der Waals surface area contributed by atoms with Gasteiger partial charge in [-0.05, 0) is 44.4 Å². The Morgan fingerprint density at radius 1 is 1.22 bits per heavy atom. The van der Waals surface area contributed by atoms with Crippen LogP contribution in [0.15, 0.2) is 4.42 Å². The van der Waals surface area contributed by atoms with Crippen LogP contribution in [0.25, 0.3) is 0 Å². The lowest BCUT2D eigenvalue weighted by molar-refractivity contribution is 0.0626. The first-order valence-corrected chi connectivity index (χ1v) is 9.33. The Morgan fingerprint density at radius 2 is 1.96 bits per heavy atom. The molecule has 0 aromatic carbocycles. The molecule has 2 fully saturated rings. The smallest absolute Gasteiger partial charge is 0.291 e. The van der Waals surface area contributed by atoms with Crippen LogP contribution in [0.1, 0.15) is 80.9 Å². The molecule has 1 aliphatic heterocycles. The molecule has 23 heavy (non-hydrogen) atoms. The Balaban J connectivity index is 1.74. The molecule has 4 nitrogen and oxygen atoms in total. The molecule has 1 saturated carbocycles. The van der Waals surface area contributed by atoms with E-state index in [9.17, 15) is 4.79 Å². The molecular weight excluding hydrogens is 288 g/mol. The maximum absolute atomic E-state index is 13.0. The number of oxazole rings is 1. The number of rotatable bonds is 4. The van der Waals surface area contributed by atoms with Crippen LogP contribution in [0.3, 0.4) is 0 Å². The van der Waals surface area contributed by atoms with Crippen molar-refractivity contribution in [2.75, 3.05) is 6.54 Å². The molecule has 3 rings (SSSR count). The zero-order valence-electron chi connectivity index (χ0n) is 14.8. The highest BCUT2D eigenvalue weighted by atomic mass is 16.4. The minimum absolute atomic E-state index is 0.0677. The summed E-state index contributed by atoms with van der Waals surface area (Å²) >= 11 is 0. The van der Waals surface area contributed by atoms with Crippen molar-refractivity contribution in [3.05, 3.63) is 17.3 Å². The first kappa shape index (κ1) is 16.5. The van der Waals surface area contributed by atoms with Gasteiger partial charge in [0.2, 0.25) is 5.76 Å². The van der Waals surface area contributed by atoms with Crippen molar-refractivity contribution in [3.8, 4) is 0 Å². The average molecular weight is 318 g/mol. The molecule has 128 valence electrons. The summed E-state index contributed by atoms with van der Waals surface area (Å²) in [7, 11) is 0. The second-order valence-corrected chi connectivity index (χ2v) is 7.73. The van der Waals surface area contributed by atoms with E-state index >= 15 is 0 Å². The topological polar surface area (TPSA) is 46.3 Å². The van der Waals surface area contributed by atoms with E-state index < -0.39 is 0 Å². The standard InChI is InChI=1S/C19H30N2O2/c1-13(2)12-17-20-14(3)18(23-17)19(22)21-11-7-10-16(21)15-8-5-4-6-9-15/h13,15-16H,4-12H2,1-3H3. The lowest BCUT2D eigenvalue weighted by atomic mass is 9.83. The number of amides is 1. The third kappa shape index (κ3) is 3.61. The van der Waals surface area contributed by atoms with E-state index in [1.807, 2.05) is 6.92 Å². The second-order valence-electron chi connectivity index (χ2n) is 7.73. The Kier molecular flexibility index (Phi) is 5.08. The van der Waals surface area contributed by atoms with Crippen LogP contribution in [-0.2, 0) is 6.42 Å². The molecule has 1 aromatic heterocycles. The molecule has 1 unspecified atom stereocenters. The van der Waals surface area contributed by atoms with Crippen LogP contribution >= 0.6 is 0 Å². The van der Waals surface area contributed by atoms with Crippen molar-refractivity contribution in [2.45, 2.75) is 78.2 Å². The first-order valence-electron chi connectivity index (χ1n) is 9.33. The van der Waals surface area contributed by atoms with Crippen LogP contribution in [0.2, 0.25) is 0 Å². The summed E-state index contributed by atoms with van der Waals surface area (Å²) in [6.07, 6.45) is 9.63. The van der Waals surface area contributed by atoms with Gasteiger partial charge in [-0.15, -0.1) is 0 Å². The average Bonchev–Trinajstić information content (AvgIpc) is 3.14. The maximum atomic E-state index is 13.0. The maximum Gasteiger partial charge on any atom is 0.291 e. The van der Waals surface area contributed by atoms with E-state index in [4.69, 9.17) is 4.42 Å². The summed E-state index contributed by atoms with van der Waals surface area (Å²) in [4.78, 5) is 19.6. The fraction of sp³-hybridized carbons (Fsp3) is 0.789. The Hall–Kier alpha value is -1.32. The second kappa shape index (κ2) is 7.06. The zero-order valence-corrected chi connectivity index (χ0v) is 14.8. The molecule has 2 heterocycles. The van der Waals surface area contributed by atoms with E-state index in [1.54, 1.807) is 0 Å². The quantitative estimate of drug-likeness (QED) is 0.828. The fourth-order valence-electron chi connectivity index (χ4n) is 4.27. The van der Waals surface area contributed by atoms with Crippen LogP contribution < -0.4 is 0 Å². The molecule has 1 amide bonds. The van der Waals surface area contributed by atoms with Crippen molar-refractivity contribution in [1.29, 1.82) is 0 Å². The van der Waals surface area contributed by atoms with Gasteiger partial charge in [-0.1, -0.05) is 33.1 Å². The molecule has 2 aliphatic rings. The highest BCUT2D eigenvalue weighted by molar-refractivity contribution is 5.92. The summed E-state index contributed by atoms with van der Waals surface area (Å²) in [6, 6.07) is 0.417. The van der Waals surface area contributed by atoms with Crippen molar-refractivity contribution in [3.63, 3.8) is 0 Å². The van der Waals surface area contributed by atoms with Crippen molar-refractivity contribution in [2.24, 2.45) is 11.8 Å². The predicted octanol–water partition coefficient (Wildman–Crippen LogP) is 4.37. The van der Waals surface area contributed by atoms with Crippen molar-refractivity contribution < 1.29 is 9.21 Å². The molecule has 0 bridgehead atoms. The third-order valence-electron chi connectivity index (χ3n) is 5.37. The summed E-state index contributed by atoms with van der Waals surface area (Å²) in [5.74, 6) is 2.42. The summed E-state index contributed by atoms with van der Waals surface area (Å²) in [5.41, 5.74) is 0.750. The molecule has 0 N–H and O–H groups in total. The van der Waals surface area contributed by atoms with E-state index in [1.165, 1.54) is 32.1 Å². The Morgan fingerprint density at radius 3 is 2.65 bits per heavy atom. The number of carbonyl (C=O) groups is 1. The summed E-state index contributed by atoms with van der Waals surface area (Å²) in [5, 5.41) is 0. The molecule has 1 atom stereocenters. The van der Waals surface area contributed by atoms with Crippen molar-refractivity contribution >= 4 is 5.91 Å². The largest absolute Gasteiger partial charge is 0.435 e. The lowest BCUT2D eigenvalue weighted by Gasteiger charge is -2.33. The molecule has 1 aromatic rings. The molecule has 0 spiro atoms. The minimum atomic E-state index is 0.0677. The van der Waals surface area contributed by atoms with E-state index in [0.29, 0.717) is 29.5 Å². The SMILES string of the molecule is Cc1nc(CC(C)C)oc1C(=O)N1CCCC1C1CCCCC1. The molecular formula is C19H30N2O2. The summed E-state index contributed by atoms with van der Waals surface area (Å²) in [6.45, 7) is 7.05. The van der Waals surface area contributed by atoms with E-state index in [-0.39, 0.29) is 5.91 Å². The first-order chi connectivity index (χ1) is 11.1. The van der Waals surface area contributed by atoms with E-state index in [2.05, 4.69) is 23.7 Å². The molecule has 0 radical (unpaired) electrons. The van der Waals surface area contributed by atoms with Gasteiger partial charge < -0.3 is 9.32 Å². The monoisotopic (exact) mass is 318 g/mol. The molecule has 4 heteroatoms. The van der Waals surface area contributed by atoms with Crippen LogP contribution in [0.5, 0.6) is 0 Å². The van der Waals surface area contributed by atoms with Crippen LogP contribution in [-0.4, -0.2) is 28.4 Å². The lowest BCUT2D eigenvalue weighted by Crippen LogP contribution is -2.40. The number of aryl methyl sites for hydroxylation is 1. The van der Waals surface area contributed by atoms with Crippen molar-refractivity contribution in [1.82, 2.24) is 9.88 Å². The number of likely N-dealkylation sites (tertiary alicyclic amines) is 1. The van der Waals surface area contributed by atoms with Gasteiger partial charge in [0.05, 0.1) is 5.69 Å². The number of aromatic nitrogens is 1. The third-order valence-corrected chi connectivity index (χ3v) is 5.37. The number of hydrogen-bond acceptors (Lipinski definition) is 3. The van der Waals surface area contributed by atoms with Gasteiger partial charge in [0.15, 0.2) is 5.89 Å². The Labute approximate surface area is 139 Å². The number of hydrogen-bond donors (Lipinski definition) is 0. The fourth-order valence-corrected chi connectivity index (χ4v) is 4.27. The normalized spacial score (nSPS) is 23.0. The van der Waals surface area contributed by atoms with Gasteiger partial charge in [0.1, 0.15) is 0 Å². The predicted molar refractivity (Wildman–Crippen MR) is 90.4 cm³/mol. The summed E-state index contributed by atoms with van der Waals surface area (Å²) < 4.78 is 5.83. The van der Waals surface area contributed by atoms with Crippen LogP contribution in [0, 0.1) is 18.8 Å². The van der Waals surface area contributed by atoms with Gasteiger partial charge in [0.25, 0.3) is 5.91 Å². The van der Waals surface area contributed by atoms with Gasteiger partial charge >= 0.3 is 0 Å². The number of nitrogens with zero attached hydrogens (tertiary/aromatic N) is 2. The van der Waals surface area contributed by atoms with Gasteiger partial charge in [-0.3, -0.25) is 4.79 Å². The molecule has 1 aliphatic carbocycles. The van der Waals surface area contributed by atoms with Gasteiger partial charge in [-0.25, -0.2) is 4.98 Å². The zero-order chi connectivity index (χ0) is 16.4. The van der Waals surface area contributed by atoms with Gasteiger partial charge in [0, 0.05) is 19.0 Å². The minimum Gasteiger partial charge on any atom is -0.435 e. The van der Waals surface area contributed by atoms with Crippen LogP contribution in [0.4, 0.5) is 0 Å². The number of carbonyl (C=O) groups excluding carboxylic acids is 1. The highest BCUT2D eigenvalue weighted by Crippen LogP contribution is 2.35. The van der Waals surface area contributed by atoms with Gasteiger partial charge in [-0.2, -0.15) is 0 Å². The highest BCUT2D eigenvalue weighted by Gasteiger charge is 2.37. The Bertz CT molecular complexity index is 544. The van der Waals surface area contributed by atoms with E-state index in [0.717, 1.165) is 31.5 Å².